The highest BCUT2D eigenvalue weighted by atomic mass is 16.1. The van der Waals surface area contributed by atoms with Crippen LogP contribution in [0.1, 0.15) is 27.2 Å². The molecule has 0 radical (unpaired) electrons. The van der Waals surface area contributed by atoms with E-state index >= 15 is 0 Å². The fraction of sp³-hybridized carbons (Fsp3) is 0.889. The van der Waals surface area contributed by atoms with Crippen LogP contribution in [0.3, 0.4) is 0 Å². The number of ketones is 1. The van der Waals surface area contributed by atoms with E-state index in [1.165, 1.54) is 6.42 Å². The van der Waals surface area contributed by atoms with Crippen molar-refractivity contribution < 1.29 is 4.79 Å². The lowest BCUT2D eigenvalue weighted by Gasteiger charge is -2.04. The molecule has 0 aromatic rings. The minimum absolute atomic E-state index is 0.177. The van der Waals surface area contributed by atoms with Gasteiger partial charge in [0.25, 0.3) is 0 Å². The van der Waals surface area contributed by atoms with Crippen LogP contribution in [0.2, 0.25) is 0 Å². The van der Waals surface area contributed by atoms with Gasteiger partial charge in [-0.05, 0) is 12.3 Å². The molecule has 0 bridgehead atoms. The summed E-state index contributed by atoms with van der Waals surface area (Å²) < 4.78 is 0. The first-order valence-corrected chi connectivity index (χ1v) is 4.37. The molecule has 0 aromatic carbocycles. The van der Waals surface area contributed by atoms with Crippen molar-refractivity contribution in [1.29, 1.82) is 0 Å². The van der Waals surface area contributed by atoms with Crippen molar-refractivity contribution in [2.75, 3.05) is 6.54 Å². The van der Waals surface area contributed by atoms with Gasteiger partial charge in [0.05, 0.1) is 6.54 Å². The maximum Gasteiger partial charge on any atom is 0.149 e. The minimum atomic E-state index is 0.177. The topological polar surface area (TPSA) is 29.1 Å². The Morgan fingerprint density at radius 1 is 1.64 bits per heavy atom. The Bertz CT molecular complexity index is 154. The van der Waals surface area contributed by atoms with Crippen LogP contribution in [-0.2, 0) is 4.79 Å². The monoisotopic (exact) mass is 155 g/mol. The summed E-state index contributed by atoms with van der Waals surface area (Å²) in [5.41, 5.74) is 0. The quantitative estimate of drug-likeness (QED) is 0.661. The van der Waals surface area contributed by atoms with E-state index in [4.69, 9.17) is 0 Å². The van der Waals surface area contributed by atoms with Crippen LogP contribution in [0.25, 0.3) is 0 Å². The Hall–Kier alpha value is -0.370. The molecule has 0 amide bonds. The van der Waals surface area contributed by atoms with Gasteiger partial charge in [-0.25, -0.2) is 0 Å². The van der Waals surface area contributed by atoms with Crippen LogP contribution in [0, 0.1) is 11.8 Å². The number of Topliss-reactive ketones (excluding diaryl/α,β-unsaturated/α-hetero) is 1. The van der Waals surface area contributed by atoms with Gasteiger partial charge in [0.1, 0.15) is 5.78 Å². The maximum absolute atomic E-state index is 11.1. The van der Waals surface area contributed by atoms with Crippen molar-refractivity contribution in [1.82, 2.24) is 5.32 Å². The van der Waals surface area contributed by atoms with E-state index in [1.807, 2.05) is 13.8 Å². The summed E-state index contributed by atoms with van der Waals surface area (Å²) in [6, 6.07) is 0.623. The lowest BCUT2D eigenvalue weighted by atomic mass is 10.1. The van der Waals surface area contributed by atoms with Crippen molar-refractivity contribution in [3.8, 4) is 0 Å². The van der Waals surface area contributed by atoms with Crippen molar-refractivity contribution in [2.45, 2.75) is 33.2 Å². The van der Waals surface area contributed by atoms with Crippen LogP contribution in [0.4, 0.5) is 0 Å². The maximum atomic E-state index is 11.1. The highest BCUT2D eigenvalue weighted by molar-refractivity contribution is 5.82. The third kappa shape index (κ3) is 2.62. The van der Waals surface area contributed by atoms with Gasteiger partial charge in [0.15, 0.2) is 0 Å². The SMILES string of the molecule is CC(C)C(=O)CNC1CC1C. The highest BCUT2D eigenvalue weighted by Gasteiger charge is 2.32. The first-order valence-electron chi connectivity index (χ1n) is 4.37. The van der Waals surface area contributed by atoms with Crippen molar-refractivity contribution in [3.05, 3.63) is 0 Å². The lowest BCUT2D eigenvalue weighted by Crippen LogP contribution is -2.28. The molecule has 64 valence electrons. The summed E-state index contributed by atoms with van der Waals surface area (Å²) in [7, 11) is 0. The second kappa shape index (κ2) is 3.35. The number of rotatable bonds is 4. The van der Waals surface area contributed by atoms with Crippen LogP contribution in [0.5, 0.6) is 0 Å². The zero-order valence-corrected chi connectivity index (χ0v) is 7.55. The smallest absolute Gasteiger partial charge is 0.149 e. The van der Waals surface area contributed by atoms with Crippen LogP contribution < -0.4 is 5.32 Å². The van der Waals surface area contributed by atoms with Crippen molar-refractivity contribution in [2.24, 2.45) is 11.8 Å². The van der Waals surface area contributed by atoms with E-state index in [9.17, 15) is 4.79 Å². The van der Waals surface area contributed by atoms with Gasteiger partial charge >= 0.3 is 0 Å². The van der Waals surface area contributed by atoms with Gasteiger partial charge in [0.2, 0.25) is 0 Å². The molecule has 1 aliphatic carbocycles. The van der Waals surface area contributed by atoms with Gasteiger partial charge in [-0.2, -0.15) is 0 Å². The summed E-state index contributed by atoms with van der Waals surface area (Å²) >= 11 is 0. The summed E-state index contributed by atoms with van der Waals surface area (Å²) in [5.74, 6) is 1.29. The molecule has 1 N–H and O–H groups in total. The van der Waals surface area contributed by atoms with E-state index in [0.29, 0.717) is 18.4 Å². The molecule has 2 unspecified atom stereocenters. The van der Waals surface area contributed by atoms with Gasteiger partial charge in [0, 0.05) is 12.0 Å². The first kappa shape index (κ1) is 8.72. The number of hydrogen-bond donors (Lipinski definition) is 1. The molecule has 2 heteroatoms. The average Bonchev–Trinajstić information content (AvgIpc) is 2.61. The Labute approximate surface area is 68.4 Å². The first-order chi connectivity index (χ1) is 5.11. The number of carbonyl (C=O) groups is 1. The van der Waals surface area contributed by atoms with E-state index in [2.05, 4.69) is 12.2 Å². The predicted molar refractivity (Wildman–Crippen MR) is 45.4 cm³/mol. The molecule has 1 fully saturated rings. The molecule has 1 aliphatic rings. The molecule has 0 aromatic heterocycles. The molecule has 1 saturated carbocycles. The Morgan fingerprint density at radius 2 is 2.18 bits per heavy atom. The molecule has 0 spiro atoms. The zero-order valence-electron chi connectivity index (χ0n) is 7.55. The van der Waals surface area contributed by atoms with E-state index in [0.717, 1.165) is 5.92 Å². The highest BCUT2D eigenvalue weighted by Crippen LogP contribution is 2.28. The average molecular weight is 155 g/mol. The van der Waals surface area contributed by atoms with E-state index < -0.39 is 0 Å². The third-order valence-electron chi connectivity index (χ3n) is 2.29. The fourth-order valence-corrected chi connectivity index (χ4v) is 1.04. The van der Waals surface area contributed by atoms with Gasteiger partial charge in [-0.3, -0.25) is 4.79 Å². The van der Waals surface area contributed by atoms with Crippen LogP contribution >= 0.6 is 0 Å². The normalized spacial score (nSPS) is 29.1. The molecule has 0 heterocycles. The van der Waals surface area contributed by atoms with Crippen molar-refractivity contribution in [3.63, 3.8) is 0 Å². The number of nitrogens with one attached hydrogen (secondary N) is 1. The standard InChI is InChI=1S/C9H17NO/c1-6(2)9(11)5-10-8-4-7(8)3/h6-8,10H,4-5H2,1-3H3. The van der Waals surface area contributed by atoms with Crippen molar-refractivity contribution >= 4 is 5.78 Å². The second-order valence-corrected chi connectivity index (χ2v) is 3.82. The zero-order chi connectivity index (χ0) is 8.43. The predicted octanol–water partition coefficient (Wildman–Crippen LogP) is 1.21. The molecule has 0 saturated heterocycles. The number of carbonyl (C=O) groups excluding carboxylic acids is 1. The summed E-state index contributed by atoms with van der Waals surface area (Å²) in [6.45, 7) is 6.66. The molecule has 11 heavy (non-hydrogen) atoms. The molecule has 2 nitrogen and oxygen atoms in total. The van der Waals surface area contributed by atoms with Crippen LogP contribution in [-0.4, -0.2) is 18.4 Å². The second-order valence-electron chi connectivity index (χ2n) is 3.82. The molecule has 0 aliphatic heterocycles. The van der Waals surface area contributed by atoms with E-state index in [-0.39, 0.29) is 5.92 Å². The Balaban J connectivity index is 2.07. The number of hydrogen-bond acceptors (Lipinski definition) is 2. The largest absolute Gasteiger partial charge is 0.307 e. The molecule has 2 atom stereocenters. The summed E-state index contributed by atoms with van der Waals surface area (Å²) in [6.07, 6.45) is 1.24. The fourth-order valence-electron chi connectivity index (χ4n) is 1.04. The molecular weight excluding hydrogens is 138 g/mol. The Morgan fingerprint density at radius 3 is 2.55 bits per heavy atom. The van der Waals surface area contributed by atoms with Gasteiger partial charge < -0.3 is 5.32 Å². The van der Waals surface area contributed by atoms with Gasteiger partial charge in [-0.1, -0.05) is 20.8 Å². The van der Waals surface area contributed by atoms with Gasteiger partial charge in [-0.15, -0.1) is 0 Å². The third-order valence-corrected chi connectivity index (χ3v) is 2.29. The van der Waals surface area contributed by atoms with Crippen LogP contribution in [0.15, 0.2) is 0 Å². The minimum Gasteiger partial charge on any atom is -0.307 e. The Kier molecular flexibility index (Phi) is 2.66. The lowest BCUT2D eigenvalue weighted by molar-refractivity contribution is -0.121. The molecule has 1 rings (SSSR count). The summed E-state index contributed by atoms with van der Waals surface area (Å²) in [4.78, 5) is 11.1. The van der Waals surface area contributed by atoms with E-state index in [1.54, 1.807) is 0 Å². The summed E-state index contributed by atoms with van der Waals surface area (Å²) in [5, 5.41) is 3.24. The molecular formula is C9H17NO.